The molecular weight excluding hydrogens is 413 g/mol. The Morgan fingerprint density at radius 2 is 2.06 bits per heavy atom. The minimum atomic E-state index is -4.55. The second-order valence-electron chi connectivity index (χ2n) is 7.29. The number of aryl methyl sites for hydroxylation is 1. The van der Waals surface area contributed by atoms with Crippen LogP contribution >= 0.6 is 0 Å². The third-order valence-electron chi connectivity index (χ3n) is 4.79. The summed E-state index contributed by atoms with van der Waals surface area (Å²) in [6, 6.07) is 6.13. The van der Waals surface area contributed by atoms with E-state index in [1.165, 1.54) is 0 Å². The number of rotatable bonds is 5. The molecule has 2 N–H and O–H groups in total. The third-order valence-corrected chi connectivity index (χ3v) is 4.79. The van der Waals surface area contributed by atoms with Crippen LogP contribution in [0.4, 0.5) is 29.6 Å². The van der Waals surface area contributed by atoms with Gasteiger partial charge in [0.25, 0.3) is 0 Å². The molecule has 1 saturated heterocycles. The van der Waals surface area contributed by atoms with Crippen molar-refractivity contribution in [2.24, 2.45) is 0 Å². The number of nitrogens with one attached hydrogen (secondary N) is 2. The molecule has 1 amide bonds. The highest BCUT2D eigenvalue weighted by atomic mass is 19.4. The lowest BCUT2D eigenvalue weighted by atomic mass is 10.1. The van der Waals surface area contributed by atoms with Crippen LogP contribution in [0.15, 0.2) is 42.9 Å². The number of ether oxygens (including phenoxy) is 1. The highest BCUT2D eigenvalue weighted by Crippen LogP contribution is 2.29. The maximum Gasteiger partial charge on any atom is 0.433 e. The maximum atomic E-state index is 12.9. The second kappa shape index (κ2) is 7.89. The van der Waals surface area contributed by atoms with Gasteiger partial charge in [-0.1, -0.05) is 6.07 Å². The summed E-state index contributed by atoms with van der Waals surface area (Å²) in [4.78, 5) is 18.7. The molecule has 11 heteroatoms. The molecule has 0 bridgehead atoms. The van der Waals surface area contributed by atoms with Crippen LogP contribution in [0.25, 0.3) is 11.1 Å². The largest absolute Gasteiger partial charge is 0.444 e. The van der Waals surface area contributed by atoms with E-state index >= 15 is 0 Å². The van der Waals surface area contributed by atoms with Gasteiger partial charge in [0.05, 0.1) is 18.8 Å². The minimum Gasteiger partial charge on any atom is -0.444 e. The molecule has 2 aromatic heterocycles. The zero-order chi connectivity index (χ0) is 22.2. The Bertz CT molecular complexity index is 1110. The first-order chi connectivity index (χ1) is 14.7. The Hall–Kier alpha value is -3.63. The van der Waals surface area contributed by atoms with Crippen LogP contribution in [0.5, 0.6) is 0 Å². The van der Waals surface area contributed by atoms with Crippen molar-refractivity contribution in [2.45, 2.75) is 38.7 Å². The summed E-state index contributed by atoms with van der Waals surface area (Å²) >= 11 is 0. The number of alkyl carbamates (subject to hydrolysis) is 1. The molecule has 1 aliphatic rings. The molecule has 4 rings (SSSR count). The fourth-order valence-corrected chi connectivity index (χ4v) is 3.29. The molecule has 2 atom stereocenters. The molecule has 0 radical (unpaired) electrons. The standard InChI is InChI=1S/C20H19F3N6O2/c1-11-5-13(14-8-25-29(9-14)10-16-12(2)31-19(30)27-16)7-15(6-11)26-18-24-4-3-17(28-18)20(21,22)23/h3-9,12,16H,10H2,1-2H3,(H,27,30)(H,24,26,28). The topological polar surface area (TPSA) is 94.0 Å². The van der Waals surface area contributed by atoms with Gasteiger partial charge in [-0.3, -0.25) is 4.68 Å². The van der Waals surface area contributed by atoms with Gasteiger partial charge in [0.15, 0.2) is 0 Å². The first-order valence-electron chi connectivity index (χ1n) is 9.46. The first kappa shape index (κ1) is 20.6. The van der Waals surface area contributed by atoms with E-state index in [1.807, 2.05) is 19.2 Å². The van der Waals surface area contributed by atoms with Gasteiger partial charge in [0.2, 0.25) is 5.95 Å². The van der Waals surface area contributed by atoms with Crippen LogP contribution in [0.2, 0.25) is 0 Å². The van der Waals surface area contributed by atoms with Gasteiger partial charge in [-0.2, -0.15) is 18.3 Å². The number of hydrogen-bond donors (Lipinski definition) is 2. The number of nitrogens with zero attached hydrogens (tertiary/aromatic N) is 4. The van der Waals surface area contributed by atoms with E-state index in [1.54, 1.807) is 29.9 Å². The first-order valence-corrected chi connectivity index (χ1v) is 9.46. The van der Waals surface area contributed by atoms with Crippen molar-refractivity contribution < 1.29 is 22.7 Å². The Balaban J connectivity index is 1.54. The van der Waals surface area contributed by atoms with Gasteiger partial charge in [-0.15, -0.1) is 0 Å². The van der Waals surface area contributed by atoms with Gasteiger partial charge in [-0.05, 0) is 43.2 Å². The quantitative estimate of drug-likeness (QED) is 0.635. The Kier molecular flexibility index (Phi) is 5.25. The lowest BCUT2D eigenvalue weighted by Crippen LogP contribution is -2.34. The molecule has 0 saturated carbocycles. The number of cyclic esters (lactones) is 1. The number of carbonyl (C=O) groups excluding carboxylic acids is 1. The Labute approximate surface area is 175 Å². The number of hydrogen-bond acceptors (Lipinski definition) is 6. The van der Waals surface area contributed by atoms with Crippen LogP contribution in [-0.2, 0) is 17.5 Å². The van der Waals surface area contributed by atoms with Gasteiger partial charge in [0.1, 0.15) is 11.8 Å². The van der Waals surface area contributed by atoms with Crippen molar-refractivity contribution in [3.8, 4) is 11.1 Å². The molecular formula is C20H19F3N6O2. The molecule has 2 unspecified atom stereocenters. The molecule has 162 valence electrons. The van der Waals surface area contributed by atoms with Crippen molar-refractivity contribution in [3.63, 3.8) is 0 Å². The van der Waals surface area contributed by atoms with Crippen molar-refractivity contribution >= 4 is 17.7 Å². The van der Waals surface area contributed by atoms with Crippen LogP contribution in [-0.4, -0.2) is 38.0 Å². The number of benzene rings is 1. The van der Waals surface area contributed by atoms with Gasteiger partial charge in [-0.25, -0.2) is 14.8 Å². The summed E-state index contributed by atoms with van der Waals surface area (Å²) in [7, 11) is 0. The highest BCUT2D eigenvalue weighted by Gasteiger charge is 2.33. The average molecular weight is 432 g/mol. The normalized spacial score (nSPS) is 18.5. The van der Waals surface area contributed by atoms with E-state index in [9.17, 15) is 18.0 Å². The summed E-state index contributed by atoms with van der Waals surface area (Å²) in [6.07, 6.45) is -0.685. The molecule has 1 aliphatic heterocycles. The zero-order valence-corrected chi connectivity index (χ0v) is 16.6. The number of anilines is 2. The summed E-state index contributed by atoms with van der Waals surface area (Å²) in [5, 5.41) is 9.90. The zero-order valence-electron chi connectivity index (χ0n) is 16.6. The second-order valence-corrected chi connectivity index (χ2v) is 7.29. The van der Waals surface area contributed by atoms with Crippen molar-refractivity contribution in [1.82, 2.24) is 25.1 Å². The fourth-order valence-electron chi connectivity index (χ4n) is 3.29. The van der Waals surface area contributed by atoms with E-state index in [0.29, 0.717) is 12.2 Å². The summed E-state index contributed by atoms with van der Waals surface area (Å²) in [5.41, 5.74) is 2.06. The van der Waals surface area contributed by atoms with Crippen molar-refractivity contribution in [2.75, 3.05) is 5.32 Å². The molecule has 0 spiro atoms. The van der Waals surface area contributed by atoms with E-state index < -0.39 is 18.0 Å². The molecule has 1 aromatic carbocycles. The van der Waals surface area contributed by atoms with Crippen molar-refractivity contribution in [3.05, 3.63) is 54.1 Å². The third kappa shape index (κ3) is 4.76. The van der Waals surface area contributed by atoms with Crippen LogP contribution in [0.1, 0.15) is 18.2 Å². The number of carbonyl (C=O) groups is 1. The monoisotopic (exact) mass is 432 g/mol. The number of halogens is 3. The summed E-state index contributed by atoms with van der Waals surface area (Å²) in [5.74, 6) is -0.145. The molecule has 8 nitrogen and oxygen atoms in total. The highest BCUT2D eigenvalue weighted by molar-refractivity contribution is 5.71. The molecule has 1 fully saturated rings. The number of aromatic nitrogens is 4. The van der Waals surface area contributed by atoms with E-state index in [2.05, 4.69) is 25.7 Å². The van der Waals surface area contributed by atoms with E-state index in [4.69, 9.17) is 4.74 Å². The Morgan fingerprint density at radius 1 is 1.26 bits per heavy atom. The predicted molar refractivity (Wildman–Crippen MR) is 106 cm³/mol. The Morgan fingerprint density at radius 3 is 2.77 bits per heavy atom. The predicted octanol–water partition coefficient (Wildman–Crippen LogP) is 3.91. The summed E-state index contributed by atoms with van der Waals surface area (Å²) < 4.78 is 45.5. The smallest absolute Gasteiger partial charge is 0.433 e. The minimum absolute atomic E-state index is 0.145. The van der Waals surface area contributed by atoms with E-state index in [0.717, 1.165) is 29.0 Å². The average Bonchev–Trinajstić information content (AvgIpc) is 3.27. The van der Waals surface area contributed by atoms with Gasteiger partial charge < -0.3 is 15.4 Å². The van der Waals surface area contributed by atoms with Crippen molar-refractivity contribution in [1.29, 1.82) is 0 Å². The maximum absolute atomic E-state index is 12.9. The molecule has 31 heavy (non-hydrogen) atoms. The van der Waals surface area contributed by atoms with Crippen LogP contribution < -0.4 is 10.6 Å². The molecule has 3 aromatic rings. The lowest BCUT2D eigenvalue weighted by molar-refractivity contribution is -0.141. The van der Waals surface area contributed by atoms with Crippen LogP contribution in [0.3, 0.4) is 0 Å². The molecule has 3 heterocycles. The van der Waals surface area contributed by atoms with Gasteiger partial charge >= 0.3 is 12.3 Å². The number of amides is 1. The lowest BCUT2D eigenvalue weighted by Gasteiger charge is -2.12. The van der Waals surface area contributed by atoms with Gasteiger partial charge in [0, 0.05) is 23.6 Å². The van der Waals surface area contributed by atoms with Crippen LogP contribution in [0, 0.1) is 6.92 Å². The van der Waals surface area contributed by atoms with E-state index in [-0.39, 0.29) is 18.1 Å². The summed E-state index contributed by atoms with van der Waals surface area (Å²) in [6.45, 7) is 4.13. The SMILES string of the molecule is Cc1cc(Nc2nccc(C(F)(F)F)n2)cc(-c2cnn(CC3NC(=O)OC3C)c2)c1. The molecule has 0 aliphatic carbocycles. The number of alkyl halides is 3. The fraction of sp³-hybridized carbons (Fsp3) is 0.300.